The molecule has 0 radical (unpaired) electrons. The molecule has 1 rings (SSSR count). The quantitative estimate of drug-likeness (QED) is 0.534. The number of carbonyl (C=O) groups excluding carboxylic acids is 1. The average Bonchev–Trinajstić information content (AvgIpc) is 1.88. The third-order valence-electron chi connectivity index (χ3n) is 1.32. The van der Waals surface area contributed by atoms with E-state index < -0.39 is 0 Å². The van der Waals surface area contributed by atoms with Gasteiger partial charge < -0.3 is 9.64 Å². The van der Waals surface area contributed by atoms with Crippen molar-refractivity contribution in [1.82, 2.24) is 4.90 Å². The maximum atomic E-state index is 10.6. The number of nitrogens with zero attached hydrogens (tertiary/aromatic N) is 1. The Morgan fingerprint density at radius 3 is 2.80 bits per heavy atom. The summed E-state index contributed by atoms with van der Waals surface area (Å²) in [6, 6.07) is 0. The molecule has 10 heavy (non-hydrogen) atoms. The number of ether oxygens (including phenoxy) is 1. The summed E-state index contributed by atoms with van der Waals surface area (Å²) >= 11 is 7.74. The van der Waals surface area contributed by atoms with Crippen LogP contribution in [0.1, 0.15) is 0 Å². The van der Waals surface area contributed by atoms with Gasteiger partial charge in [-0.1, -0.05) is 12.6 Å². The Morgan fingerprint density at radius 1 is 1.70 bits per heavy atom. The lowest BCUT2D eigenvalue weighted by atomic mass is 10.5. The highest BCUT2D eigenvalue weighted by molar-refractivity contribution is 7.96. The molecule has 0 saturated carbocycles. The van der Waals surface area contributed by atoms with Gasteiger partial charge in [-0.2, -0.15) is 0 Å². The number of morpholine rings is 1. The van der Waals surface area contributed by atoms with E-state index in [0.29, 0.717) is 19.7 Å². The normalized spacial score (nSPS) is 26.6. The first-order valence-electron chi connectivity index (χ1n) is 2.97. The summed E-state index contributed by atoms with van der Waals surface area (Å²) in [7, 11) is 0. The van der Waals surface area contributed by atoms with E-state index in [4.69, 9.17) is 4.74 Å². The van der Waals surface area contributed by atoms with Crippen molar-refractivity contribution in [2.24, 2.45) is 0 Å². The molecule has 0 N–H and O–H groups in total. The maximum Gasteiger partial charge on any atom is 0.278 e. The van der Waals surface area contributed by atoms with Gasteiger partial charge in [0, 0.05) is 6.54 Å². The lowest BCUT2D eigenvalue weighted by Crippen LogP contribution is -2.41. The van der Waals surface area contributed by atoms with Crippen molar-refractivity contribution >= 4 is 30.5 Å². The van der Waals surface area contributed by atoms with Crippen molar-refractivity contribution in [2.75, 3.05) is 19.7 Å². The average molecular weight is 179 g/mol. The molecule has 0 bridgehead atoms. The summed E-state index contributed by atoms with van der Waals surface area (Å²) in [5, 5.41) is -0.206. The molecule has 0 aromatic rings. The van der Waals surface area contributed by atoms with Crippen molar-refractivity contribution in [1.29, 1.82) is 0 Å². The zero-order valence-electron chi connectivity index (χ0n) is 5.36. The van der Waals surface area contributed by atoms with Gasteiger partial charge in [0.15, 0.2) is 0 Å². The van der Waals surface area contributed by atoms with Gasteiger partial charge in [0.25, 0.3) is 5.24 Å². The predicted molar refractivity (Wildman–Crippen MR) is 44.7 cm³/mol. The van der Waals surface area contributed by atoms with Gasteiger partial charge in [-0.15, -0.1) is 12.6 Å². The third kappa shape index (κ3) is 2.07. The summed E-state index contributed by atoms with van der Waals surface area (Å²) < 4.78 is 5.09. The zero-order chi connectivity index (χ0) is 7.56. The number of amides is 1. The van der Waals surface area contributed by atoms with E-state index in [1.165, 1.54) is 0 Å². The van der Waals surface area contributed by atoms with Crippen LogP contribution in [-0.2, 0) is 4.74 Å². The maximum absolute atomic E-state index is 10.6. The first-order valence-corrected chi connectivity index (χ1v) is 3.94. The summed E-state index contributed by atoms with van der Waals surface area (Å²) in [6.45, 7) is 1.71. The van der Waals surface area contributed by atoms with Crippen LogP contribution in [-0.4, -0.2) is 35.3 Å². The van der Waals surface area contributed by atoms with Gasteiger partial charge in [-0.3, -0.25) is 4.79 Å². The minimum atomic E-state index is -0.206. The van der Waals surface area contributed by atoms with Crippen LogP contribution >= 0.6 is 25.3 Å². The van der Waals surface area contributed by atoms with E-state index in [2.05, 4.69) is 25.3 Å². The standard InChI is InChI=1S/C5H9NO2S2/c7-5(10)6-1-2-8-4(9)3-6/h4,9H,1-3H2,(H,7,10). The van der Waals surface area contributed by atoms with E-state index in [9.17, 15) is 4.79 Å². The third-order valence-corrected chi connectivity index (χ3v) is 1.91. The van der Waals surface area contributed by atoms with E-state index in [0.717, 1.165) is 0 Å². The van der Waals surface area contributed by atoms with Crippen molar-refractivity contribution in [2.45, 2.75) is 5.44 Å². The summed E-state index contributed by atoms with van der Waals surface area (Å²) in [5.74, 6) is 0. The minimum Gasteiger partial charge on any atom is -0.364 e. The fraction of sp³-hybridized carbons (Fsp3) is 0.800. The van der Waals surface area contributed by atoms with E-state index in [1.807, 2.05) is 0 Å². The SMILES string of the molecule is O=C(S)N1CCOC(S)C1. The molecule has 1 fully saturated rings. The second kappa shape index (κ2) is 3.50. The van der Waals surface area contributed by atoms with Crippen LogP contribution in [0.2, 0.25) is 0 Å². The van der Waals surface area contributed by atoms with Gasteiger partial charge in [0.05, 0.1) is 13.2 Å². The molecule has 0 aliphatic carbocycles. The molecule has 0 aromatic carbocycles. The van der Waals surface area contributed by atoms with Gasteiger partial charge in [-0.25, -0.2) is 0 Å². The van der Waals surface area contributed by atoms with E-state index >= 15 is 0 Å². The molecule has 1 saturated heterocycles. The summed E-state index contributed by atoms with van der Waals surface area (Å²) in [6.07, 6.45) is 0. The Morgan fingerprint density at radius 2 is 2.40 bits per heavy atom. The highest BCUT2D eigenvalue weighted by Gasteiger charge is 2.18. The van der Waals surface area contributed by atoms with Crippen molar-refractivity contribution in [3.8, 4) is 0 Å². The molecular formula is C5H9NO2S2. The minimum absolute atomic E-state index is 0.148. The Kier molecular flexibility index (Phi) is 2.88. The van der Waals surface area contributed by atoms with Crippen molar-refractivity contribution < 1.29 is 9.53 Å². The molecule has 1 heterocycles. The van der Waals surface area contributed by atoms with Gasteiger partial charge >= 0.3 is 0 Å². The molecular weight excluding hydrogens is 170 g/mol. The molecule has 0 spiro atoms. The second-order valence-electron chi connectivity index (χ2n) is 2.05. The number of rotatable bonds is 0. The van der Waals surface area contributed by atoms with Crippen LogP contribution in [0, 0.1) is 0 Å². The molecule has 58 valence electrons. The van der Waals surface area contributed by atoms with Crippen LogP contribution in [0.3, 0.4) is 0 Å². The van der Waals surface area contributed by atoms with Crippen LogP contribution in [0.15, 0.2) is 0 Å². The highest BCUT2D eigenvalue weighted by atomic mass is 32.1. The molecule has 1 atom stereocenters. The summed E-state index contributed by atoms with van der Waals surface area (Å²) in [5.41, 5.74) is -0.148. The molecule has 1 aliphatic heterocycles. The van der Waals surface area contributed by atoms with Gasteiger partial charge in [-0.05, 0) is 0 Å². The monoisotopic (exact) mass is 179 g/mol. The van der Waals surface area contributed by atoms with Crippen LogP contribution in [0.4, 0.5) is 4.79 Å². The number of carbonyl (C=O) groups is 1. The van der Waals surface area contributed by atoms with Crippen LogP contribution in [0.25, 0.3) is 0 Å². The van der Waals surface area contributed by atoms with Crippen LogP contribution < -0.4 is 0 Å². The fourth-order valence-electron chi connectivity index (χ4n) is 0.805. The lowest BCUT2D eigenvalue weighted by molar-refractivity contribution is 0.0400. The number of hydrogen-bond donors (Lipinski definition) is 2. The Bertz CT molecular complexity index is 142. The molecule has 1 unspecified atom stereocenters. The van der Waals surface area contributed by atoms with E-state index in [1.54, 1.807) is 4.90 Å². The van der Waals surface area contributed by atoms with Gasteiger partial charge in [0.2, 0.25) is 0 Å². The van der Waals surface area contributed by atoms with Crippen molar-refractivity contribution in [3.63, 3.8) is 0 Å². The van der Waals surface area contributed by atoms with Gasteiger partial charge in [0.1, 0.15) is 5.44 Å². The number of thiol groups is 2. The molecule has 1 amide bonds. The Labute approximate surface area is 70.5 Å². The topological polar surface area (TPSA) is 29.5 Å². The Balaban J connectivity index is 2.39. The number of hydrogen-bond acceptors (Lipinski definition) is 3. The second-order valence-corrected chi connectivity index (χ2v) is 3.01. The lowest BCUT2D eigenvalue weighted by Gasteiger charge is -2.28. The highest BCUT2D eigenvalue weighted by Crippen LogP contribution is 2.09. The largest absolute Gasteiger partial charge is 0.364 e. The first-order chi connectivity index (χ1) is 4.70. The smallest absolute Gasteiger partial charge is 0.278 e. The zero-order valence-corrected chi connectivity index (χ0v) is 7.15. The Hall–Kier alpha value is 0.130. The van der Waals surface area contributed by atoms with E-state index in [-0.39, 0.29) is 10.7 Å². The van der Waals surface area contributed by atoms with Crippen molar-refractivity contribution in [3.05, 3.63) is 0 Å². The molecule has 3 nitrogen and oxygen atoms in total. The molecule has 1 aliphatic rings. The first kappa shape index (κ1) is 8.23. The fourth-order valence-corrected chi connectivity index (χ4v) is 1.29. The predicted octanol–water partition coefficient (Wildman–Crippen LogP) is 0.624. The van der Waals surface area contributed by atoms with Crippen LogP contribution in [0.5, 0.6) is 0 Å². The molecule has 5 heteroatoms. The molecule has 0 aromatic heterocycles. The summed E-state index contributed by atoms with van der Waals surface area (Å²) in [4.78, 5) is 12.2.